The number of rotatable bonds is 4. The Bertz CT molecular complexity index is 390. The maximum absolute atomic E-state index is 11.9. The summed E-state index contributed by atoms with van der Waals surface area (Å²) in [6, 6.07) is 8.94. The van der Waals surface area contributed by atoms with E-state index in [9.17, 15) is 4.79 Å². The lowest BCUT2D eigenvalue weighted by molar-refractivity contribution is 0.0923. The van der Waals surface area contributed by atoms with Crippen molar-refractivity contribution in [3.8, 4) is 6.07 Å². The second-order valence-electron chi connectivity index (χ2n) is 3.75. The van der Waals surface area contributed by atoms with Gasteiger partial charge in [-0.3, -0.25) is 4.79 Å². The molecule has 0 aromatic heterocycles. The summed E-state index contributed by atoms with van der Waals surface area (Å²) >= 11 is 0. The van der Waals surface area contributed by atoms with Crippen molar-refractivity contribution in [3.05, 3.63) is 35.4 Å². The Morgan fingerprint density at radius 3 is 2.87 bits per heavy atom. The molecule has 0 N–H and O–H groups in total. The first-order valence-electron chi connectivity index (χ1n) is 5.23. The van der Waals surface area contributed by atoms with E-state index in [0.29, 0.717) is 11.1 Å². The second-order valence-corrected chi connectivity index (χ2v) is 3.75. The molecule has 1 aromatic carbocycles. The van der Waals surface area contributed by atoms with E-state index in [-0.39, 0.29) is 11.7 Å². The first kappa shape index (κ1) is 11.5. The summed E-state index contributed by atoms with van der Waals surface area (Å²) in [5.74, 6) is 0.179. The minimum Gasteiger partial charge on any atom is -0.294 e. The van der Waals surface area contributed by atoms with Crippen LogP contribution in [0.15, 0.2) is 24.3 Å². The quantitative estimate of drug-likeness (QED) is 0.702. The Kier molecular flexibility index (Phi) is 4.05. The second kappa shape index (κ2) is 5.31. The van der Waals surface area contributed by atoms with Crippen molar-refractivity contribution >= 4 is 5.78 Å². The topological polar surface area (TPSA) is 40.9 Å². The summed E-state index contributed by atoms with van der Waals surface area (Å²) in [5, 5.41) is 8.72. The minimum atomic E-state index is 0.0453. The Balaban J connectivity index is 2.87. The van der Waals surface area contributed by atoms with Crippen molar-refractivity contribution in [1.29, 1.82) is 5.26 Å². The lowest BCUT2D eigenvalue weighted by Gasteiger charge is -2.08. The largest absolute Gasteiger partial charge is 0.294 e. The average molecular weight is 201 g/mol. The number of nitriles is 1. The highest BCUT2D eigenvalue weighted by Crippen LogP contribution is 2.14. The third kappa shape index (κ3) is 2.92. The highest BCUT2D eigenvalue weighted by atomic mass is 16.1. The monoisotopic (exact) mass is 201 g/mol. The molecule has 0 aliphatic heterocycles. The lowest BCUT2D eigenvalue weighted by Crippen LogP contribution is -2.11. The van der Waals surface area contributed by atoms with Gasteiger partial charge in [-0.15, -0.1) is 0 Å². The number of nitrogens with zero attached hydrogens (tertiary/aromatic N) is 1. The third-order valence-corrected chi connectivity index (χ3v) is 2.45. The normalized spacial score (nSPS) is 11.8. The molecular weight excluding hydrogens is 186 g/mol. The Morgan fingerprint density at radius 1 is 1.53 bits per heavy atom. The molecule has 0 aliphatic carbocycles. The predicted molar refractivity (Wildman–Crippen MR) is 59.6 cm³/mol. The number of carbonyl (C=O) groups excluding carboxylic acids is 1. The molecule has 15 heavy (non-hydrogen) atoms. The molecule has 78 valence electrons. The SMILES string of the molecule is CCCC(C)C(=O)c1cccc(C#N)c1. The summed E-state index contributed by atoms with van der Waals surface area (Å²) in [6.07, 6.45) is 1.90. The molecule has 0 bridgehead atoms. The molecule has 1 atom stereocenters. The van der Waals surface area contributed by atoms with E-state index < -0.39 is 0 Å². The Labute approximate surface area is 90.5 Å². The van der Waals surface area contributed by atoms with Gasteiger partial charge in [0.2, 0.25) is 0 Å². The van der Waals surface area contributed by atoms with Crippen molar-refractivity contribution in [3.63, 3.8) is 0 Å². The van der Waals surface area contributed by atoms with Crippen LogP contribution in [0.1, 0.15) is 42.6 Å². The summed E-state index contributed by atoms with van der Waals surface area (Å²) < 4.78 is 0. The molecule has 0 aliphatic rings. The highest BCUT2D eigenvalue weighted by molar-refractivity contribution is 5.97. The Hall–Kier alpha value is -1.62. The summed E-state index contributed by atoms with van der Waals surface area (Å²) in [4.78, 5) is 11.9. The molecule has 2 heteroatoms. The molecule has 0 saturated carbocycles. The first-order chi connectivity index (χ1) is 7.19. The van der Waals surface area contributed by atoms with Crippen LogP contribution in [-0.2, 0) is 0 Å². The molecule has 1 aromatic rings. The van der Waals surface area contributed by atoms with Crippen molar-refractivity contribution in [2.75, 3.05) is 0 Å². The van der Waals surface area contributed by atoms with Gasteiger partial charge in [-0.25, -0.2) is 0 Å². The fraction of sp³-hybridized carbons (Fsp3) is 0.385. The molecule has 2 nitrogen and oxygen atoms in total. The maximum atomic E-state index is 11.9. The fourth-order valence-electron chi connectivity index (χ4n) is 1.59. The summed E-state index contributed by atoms with van der Waals surface area (Å²) in [6.45, 7) is 4.00. The zero-order chi connectivity index (χ0) is 11.3. The summed E-state index contributed by atoms with van der Waals surface area (Å²) in [5.41, 5.74) is 1.19. The van der Waals surface area contributed by atoms with Crippen molar-refractivity contribution in [1.82, 2.24) is 0 Å². The van der Waals surface area contributed by atoms with Gasteiger partial charge in [0.25, 0.3) is 0 Å². The van der Waals surface area contributed by atoms with Crippen LogP contribution >= 0.6 is 0 Å². The average Bonchev–Trinajstić information content (AvgIpc) is 2.28. The predicted octanol–water partition coefficient (Wildman–Crippen LogP) is 3.18. The molecule has 0 amide bonds. The molecule has 0 spiro atoms. The van der Waals surface area contributed by atoms with Crippen molar-refractivity contribution in [2.24, 2.45) is 5.92 Å². The van der Waals surface area contributed by atoms with Gasteiger partial charge >= 0.3 is 0 Å². The standard InChI is InChI=1S/C13H15NO/c1-3-5-10(2)13(15)12-7-4-6-11(8-12)9-14/h4,6-8,10H,3,5H2,1-2H3. The van der Waals surface area contributed by atoms with Gasteiger partial charge in [0.05, 0.1) is 11.6 Å². The van der Waals surface area contributed by atoms with Crippen LogP contribution in [0.3, 0.4) is 0 Å². The number of ketones is 1. The van der Waals surface area contributed by atoms with E-state index in [4.69, 9.17) is 5.26 Å². The van der Waals surface area contributed by atoms with Gasteiger partial charge in [-0.05, 0) is 18.6 Å². The number of Topliss-reactive ketones (excluding diaryl/α,β-unsaturated/α-hetero) is 1. The zero-order valence-corrected chi connectivity index (χ0v) is 9.16. The Morgan fingerprint density at radius 2 is 2.27 bits per heavy atom. The van der Waals surface area contributed by atoms with E-state index in [1.165, 1.54) is 0 Å². The lowest BCUT2D eigenvalue weighted by atomic mass is 9.94. The molecule has 0 fully saturated rings. The zero-order valence-electron chi connectivity index (χ0n) is 9.16. The van der Waals surface area contributed by atoms with Gasteiger partial charge in [-0.1, -0.05) is 32.4 Å². The molecule has 1 unspecified atom stereocenters. The first-order valence-corrected chi connectivity index (χ1v) is 5.23. The van der Waals surface area contributed by atoms with Crippen LogP contribution in [0.25, 0.3) is 0 Å². The van der Waals surface area contributed by atoms with Crippen LogP contribution in [-0.4, -0.2) is 5.78 Å². The molecule has 0 radical (unpaired) electrons. The molecule has 0 saturated heterocycles. The molecule has 1 rings (SSSR count). The fourth-order valence-corrected chi connectivity index (χ4v) is 1.59. The van der Waals surface area contributed by atoms with Crippen LogP contribution in [0, 0.1) is 17.2 Å². The number of benzene rings is 1. The van der Waals surface area contributed by atoms with Crippen LogP contribution in [0.4, 0.5) is 0 Å². The highest BCUT2D eigenvalue weighted by Gasteiger charge is 2.14. The number of carbonyl (C=O) groups is 1. The van der Waals surface area contributed by atoms with Gasteiger partial charge in [0.15, 0.2) is 5.78 Å². The van der Waals surface area contributed by atoms with Gasteiger partial charge in [0.1, 0.15) is 0 Å². The van der Waals surface area contributed by atoms with Gasteiger partial charge in [0, 0.05) is 11.5 Å². The van der Waals surface area contributed by atoms with E-state index >= 15 is 0 Å². The maximum Gasteiger partial charge on any atom is 0.165 e. The minimum absolute atomic E-state index is 0.0453. The summed E-state index contributed by atoms with van der Waals surface area (Å²) in [7, 11) is 0. The van der Waals surface area contributed by atoms with E-state index in [1.54, 1.807) is 24.3 Å². The van der Waals surface area contributed by atoms with Crippen LogP contribution in [0.2, 0.25) is 0 Å². The van der Waals surface area contributed by atoms with Gasteiger partial charge < -0.3 is 0 Å². The van der Waals surface area contributed by atoms with Gasteiger partial charge in [-0.2, -0.15) is 5.26 Å². The smallest absolute Gasteiger partial charge is 0.165 e. The van der Waals surface area contributed by atoms with Crippen molar-refractivity contribution in [2.45, 2.75) is 26.7 Å². The number of hydrogen-bond donors (Lipinski definition) is 0. The van der Waals surface area contributed by atoms with Crippen molar-refractivity contribution < 1.29 is 4.79 Å². The van der Waals surface area contributed by atoms with Crippen LogP contribution in [0.5, 0.6) is 0 Å². The molecule has 0 heterocycles. The van der Waals surface area contributed by atoms with E-state index in [1.807, 2.05) is 13.0 Å². The van der Waals surface area contributed by atoms with E-state index in [2.05, 4.69) is 6.92 Å². The third-order valence-electron chi connectivity index (χ3n) is 2.45. The van der Waals surface area contributed by atoms with Crippen LogP contribution < -0.4 is 0 Å². The van der Waals surface area contributed by atoms with E-state index in [0.717, 1.165) is 12.8 Å². The molecular formula is C13H15NO. The number of hydrogen-bond acceptors (Lipinski definition) is 2.